The molecule has 2 rings (SSSR count). The van der Waals surface area contributed by atoms with Gasteiger partial charge in [-0.15, -0.1) is 11.3 Å². The zero-order chi connectivity index (χ0) is 14.8. The average molecular weight is 440 g/mol. The van der Waals surface area contributed by atoms with Gasteiger partial charge in [-0.1, -0.05) is 12.1 Å². The van der Waals surface area contributed by atoms with Crippen molar-refractivity contribution < 1.29 is 8.42 Å². The number of hydrogen-bond acceptors (Lipinski definition) is 4. The molecule has 20 heavy (non-hydrogen) atoms. The van der Waals surface area contributed by atoms with E-state index < -0.39 is 10.0 Å². The molecule has 4 nitrogen and oxygen atoms in total. The van der Waals surface area contributed by atoms with Crippen molar-refractivity contribution in [2.24, 2.45) is 5.14 Å². The lowest BCUT2D eigenvalue weighted by Crippen LogP contribution is -2.14. The third-order valence-corrected chi connectivity index (χ3v) is 6.48. The number of nitrogens with two attached hydrogens (primary N) is 1. The molecule has 0 saturated carbocycles. The summed E-state index contributed by atoms with van der Waals surface area (Å²) < 4.78 is 24.1. The molecule has 0 spiro atoms. The summed E-state index contributed by atoms with van der Waals surface area (Å²) in [5.41, 5.74) is 1.61. The Balaban J connectivity index is 1.97. The molecular formula is C12H12Br2N2O2S2. The van der Waals surface area contributed by atoms with Crippen molar-refractivity contribution in [3.63, 3.8) is 0 Å². The van der Waals surface area contributed by atoms with Crippen LogP contribution in [0.15, 0.2) is 38.6 Å². The second-order valence-electron chi connectivity index (χ2n) is 4.19. The van der Waals surface area contributed by atoms with Crippen molar-refractivity contribution in [3.8, 4) is 0 Å². The van der Waals surface area contributed by atoms with E-state index in [2.05, 4.69) is 43.2 Å². The highest BCUT2D eigenvalue weighted by molar-refractivity contribution is 9.13. The molecule has 0 aliphatic heterocycles. The maximum atomic E-state index is 11.0. The van der Waals surface area contributed by atoms with Crippen molar-refractivity contribution in [1.29, 1.82) is 0 Å². The van der Waals surface area contributed by atoms with E-state index >= 15 is 0 Å². The third-order valence-electron chi connectivity index (χ3n) is 2.48. The summed E-state index contributed by atoms with van der Waals surface area (Å²) in [7, 11) is -3.48. The van der Waals surface area contributed by atoms with Gasteiger partial charge in [-0.05, 0) is 55.6 Å². The molecule has 0 saturated heterocycles. The lowest BCUT2D eigenvalue weighted by molar-refractivity contribution is 0.597. The van der Waals surface area contributed by atoms with E-state index in [1.165, 1.54) is 4.88 Å². The Kier molecular flexibility index (Phi) is 5.25. The summed E-state index contributed by atoms with van der Waals surface area (Å²) in [4.78, 5) is 1.19. The van der Waals surface area contributed by atoms with Crippen LogP contribution in [0.1, 0.15) is 10.4 Å². The number of thiophene rings is 1. The fourth-order valence-corrected chi connectivity index (χ4v) is 4.39. The summed E-state index contributed by atoms with van der Waals surface area (Å²) in [6.45, 7) is 0.712. The molecule has 0 aliphatic carbocycles. The van der Waals surface area contributed by atoms with E-state index in [1.807, 2.05) is 12.1 Å². The van der Waals surface area contributed by atoms with Crippen LogP contribution >= 0.6 is 43.2 Å². The van der Waals surface area contributed by atoms with Crippen LogP contribution in [0.2, 0.25) is 0 Å². The number of primary sulfonamides is 1. The standard InChI is InChI=1S/C12H12Br2N2O2S2/c13-11-5-10(19-12(11)14)6-16-9-3-1-8(2-4-9)7-20(15,17)18/h1-5,16H,6-7H2,(H2,15,17,18). The maximum Gasteiger partial charge on any atom is 0.213 e. The number of anilines is 1. The number of hydrogen-bond donors (Lipinski definition) is 2. The van der Waals surface area contributed by atoms with Gasteiger partial charge in [0, 0.05) is 21.6 Å². The summed E-state index contributed by atoms with van der Waals surface area (Å²) in [6.07, 6.45) is 0. The zero-order valence-electron chi connectivity index (χ0n) is 10.3. The SMILES string of the molecule is NS(=O)(=O)Cc1ccc(NCc2cc(Br)c(Br)s2)cc1. The van der Waals surface area contributed by atoms with Crippen molar-refractivity contribution in [1.82, 2.24) is 0 Å². The minimum absolute atomic E-state index is 0.141. The molecular weight excluding hydrogens is 428 g/mol. The first kappa shape index (κ1) is 16.0. The van der Waals surface area contributed by atoms with Crippen LogP contribution in [0.4, 0.5) is 5.69 Å². The molecule has 0 aliphatic rings. The van der Waals surface area contributed by atoms with Gasteiger partial charge in [0.25, 0.3) is 0 Å². The van der Waals surface area contributed by atoms with Crippen molar-refractivity contribution in [2.75, 3.05) is 5.32 Å². The number of benzene rings is 1. The molecule has 1 heterocycles. The molecule has 0 unspecified atom stereocenters. The summed E-state index contributed by atoms with van der Waals surface area (Å²) >= 11 is 8.56. The predicted molar refractivity (Wildman–Crippen MR) is 90.3 cm³/mol. The van der Waals surface area contributed by atoms with E-state index in [9.17, 15) is 8.42 Å². The Hall–Kier alpha value is -0.410. The second-order valence-corrected chi connectivity index (χ2v) is 9.12. The highest BCUT2D eigenvalue weighted by Gasteiger charge is 2.06. The normalized spacial score (nSPS) is 11.6. The number of sulfonamides is 1. The highest BCUT2D eigenvalue weighted by atomic mass is 79.9. The first-order chi connectivity index (χ1) is 9.33. The number of nitrogens with one attached hydrogen (secondary N) is 1. The zero-order valence-corrected chi connectivity index (χ0v) is 15.1. The van der Waals surface area contributed by atoms with Crippen LogP contribution in [-0.4, -0.2) is 8.42 Å². The molecule has 1 aromatic carbocycles. The minimum Gasteiger partial charge on any atom is -0.380 e. The third kappa shape index (κ3) is 4.85. The van der Waals surface area contributed by atoms with E-state index in [-0.39, 0.29) is 5.75 Å². The molecule has 0 radical (unpaired) electrons. The molecule has 2 aromatic rings. The quantitative estimate of drug-likeness (QED) is 0.746. The second kappa shape index (κ2) is 6.57. The van der Waals surface area contributed by atoms with Crippen LogP contribution in [0.5, 0.6) is 0 Å². The maximum absolute atomic E-state index is 11.0. The van der Waals surface area contributed by atoms with Gasteiger partial charge in [0.2, 0.25) is 10.0 Å². The van der Waals surface area contributed by atoms with Crippen molar-refractivity contribution in [3.05, 3.63) is 49.0 Å². The van der Waals surface area contributed by atoms with E-state index in [1.54, 1.807) is 23.5 Å². The average Bonchev–Trinajstić information content (AvgIpc) is 2.66. The summed E-state index contributed by atoms with van der Waals surface area (Å²) in [5, 5.41) is 8.29. The van der Waals surface area contributed by atoms with Gasteiger partial charge >= 0.3 is 0 Å². The van der Waals surface area contributed by atoms with Crippen molar-refractivity contribution >= 4 is 58.9 Å². The molecule has 108 valence electrons. The Morgan fingerprint density at radius 3 is 2.35 bits per heavy atom. The van der Waals surface area contributed by atoms with Crippen LogP contribution in [-0.2, 0) is 22.3 Å². The van der Waals surface area contributed by atoms with Gasteiger partial charge in [0.15, 0.2) is 0 Å². The Morgan fingerprint density at radius 1 is 1.20 bits per heavy atom. The van der Waals surface area contributed by atoms with Gasteiger partial charge in [-0.2, -0.15) is 0 Å². The summed E-state index contributed by atoms with van der Waals surface area (Å²) in [6, 6.07) is 9.26. The fourth-order valence-electron chi connectivity index (χ4n) is 1.62. The minimum atomic E-state index is -3.48. The van der Waals surface area contributed by atoms with E-state index in [4.69, 9.17) is 5.14 Å². The first-order valence-electron chi connectivity index (χ1n) is 5.60. The Labute approximate surface area is 138 Å². The van der Waals surface area contributed by atoms with Crippen LogP contribution in [0.25, 0.3) is 0 Å². The van der Waals surface area contributed by atoms with Gasteiger partial charge in [0.1, 0.15) is 0 Å². The van der Waals surface area contributed by atoms with Gasteiger partial charge < -0.3 is 5.32 Å². The lowest BCUT2D eigenvalue weighted by Gasteiger charge is -2.06. The van der Waals surface area contributed by atoms with E-state index in [0.29, 0.717) is 12.1 Å². The topological polar surface area (TPSA) is 72.2 Å². The fraction of sp³-hybridized carbons (Fsp3) is 0.167. The first-order valence-corrected chi connectivity index (χ1v) is 9.72. The van der Waals surface area contributed by atoms with Gasteiger partial charge in [-0.25, -0.2) is 13.6 Å². The molecule has 1 aromatic heterocycles. The van der Waals surface area contributed by atoms with Gasteiger partial charge in [0.05, 0.1) is 9.54 Å². The predicted octanol–water partition coefficient (Wildman–Crippen LogP) is 3.67. The van der Waals surface area contributed by atoms with E-state index in [0.717, 1.165) is 13.9 Å². The molecule has 0 bridgehead atoms. The molecule has 3 N–H and O–H groups in total. The molecule has 0 amide bonds. The number of rotatable bonds is 5. The smallest absolute Gasteiger partial charge is 0.213 e. The van der Waals surface area contributed by atoms with Gasteiger partial charge in [-0.3, -0.25) is 0 Å². The number of halogens is 2. The van der Waals surface area contributed by atoms with Crippen LogP contribution in [0.3, 0.4) is 0 Å². The molecule has 8 heteroatoms. The summed E-state index contributed by atoms with van der Waals surface area (Å²) in [5.74, 6) is -0.141. The lowest BCUT2D eigenvalue weighted by atomic mass is 10.2. The van der Waals surface area contributed by atoms with Crippen molar-refractivity contribution in [2.45, 2.75) is 12.3 Å². The van der Waals surface area contributed by atoms with Crippen LogP contribution in [0, 0.1) is 0 Å². The largest absolute Gasteiger partial charge is 0.380 e. The highest BCUT2D eigenvalue weighted by Crippen LogP contribution is 2.32. The molecule has 0 fully saturated rings. The molecule has 0 atom stereocenters. The monoisotopic (exact) mass is 438 g/mol. The Bertz CT molecular complexity index is 677. The Morgan fingerprint density at radius 2 is 1.85 bits per heavy atom. The van der Waals surface area contributed by atoms with Crippen LogP contribution < -0.4 is 10.5 Å².